The first-order chi connectivity index (χ1) is 10.5. The molecule has 1 aromatic carbocycles. The van der Waals surface area contributed by atoms with Crippen molar-refractivity contribution in [2.24, 2.45) is 0 Å². The van der Waals surface area contributed by atoms with Gasteiger partial charge in [0.15, 0.2) is 11.5 Å². The molecule has 0 radical (unpaired) electrons. The number of amides is 1. The Bertz CT molecular complexity index is 596. The first kappa shape index (κ1) is 18.9. The Morgan fingerprint density at radius 3 is 2.43 bits per heavy atom. The van der Waals surface area contributed by atoms with E-state index in [2.05, 4.69) is 5.32 Å². The molecule has 1 rings (SSSR count). The van der Waals surface area contributed by atoms with Crippen LogP contribution in [0.25, 0.3) is 0 Å². The van der Waals surface area contributed by atoms with E-state index >= 15 is 0 Å². The number of ether oxygens (including phenoxy) is 2. The smallest absolute Gasteiger partial charge is 0.408 e. The molecule has 1 amide bonds. The van der Waals surface area contributed by atoms with E-state index in [1.807, 2.05) is 0 Å². The number of alkyl carbamates (subject to hydrolysis) is 1. The van der Waals surface area contributed by atoms with Crippen molar-refractivity contribution >= 4 is 23.7 Å². The summed E-state index contributed by atoms with van der Waals surface area (Å²) in [5, 5.41) is 21.3. The number of hydrogen-bond acceptors (Lipinski definition) is 5. The summed E-state index contributed by atoms with van der Waals surface area (Å²) in [4.78, 5) is 23.0. The van der Waals surface area contributed by atoms with Crippen LogP contribution in [0.3, 0.4) is 0 Å². The number of carbonyl (C=O) groups is 2. The van der Waals surface area contributed by atoms with E-state index in [4.69, 9.17) is 21.1 Å². The molecule has 0 saturated heterocycles. The second kappa shape index (κ2) is 7.41. The lowest BCUT2D eigenvalue weighted by atomic mass is 10.1. The average molecular weight is 346 g/mol. The van der Waals surface area contributed by atoms with Gasteiger partial charge in [-0.1, -0.05) is 17.7 Å². The SMILES string of the molecule is COc1ccc(CC(NC(=O)OC(C)(C)C)C(=O)O)c(Cl)c1O. The Morgan fingerprint density at radius 1 is 1.35 bits per heavy atom. The van der Waals surface area contributed by atoms with Crippen molar-refractivity contribution in [1.29, 1.82) is 0 Å². The fourth-order valence-corrected chi connectivity index (χ4v) is 2.01. The molecule has 8 heteroatoms. The molecule has 0 aliphatic rings. The average Bonchev–Trinajstić information content (AvgIpc) is 2.41. The molecule has 0 aliphatic carbocycles. The molecule has 0 aromatic heterocycles. The van der Waals surface area contributed by atoms with Crippen LogP contribution < -0.4 is 10.1 Å². The summed E-state index contributed by atoms with van der Waals surface area (Å²) in [6, 6.07) is 1.73. The number of rotatable bonds is 5. The first-order valence-electron chi connectivity index (χ1n) is 6.81. The number of carbonyl (C=O) groups excluding carboxylic acids is 1. The molecule has 0 heterocycles. The number of hydrogen-bond donors (Lipinski definition) is 3. The summed E-state index contributed by atoms with van der Waals surface area (Å²) in [6.07, 6.45) is -0.968. The Hall–Kier alpha value is -2.15. The molecule has 1 aromatic rings. The van der Waals surface area contributed by atoms with Gasteiger partial charge in [-0.05, 0) is 32.4 Å². The van der Waals surface area contributed by atoms with Gasteiger partial charge in [0.25, 0.3) is 0 Å². The fraction of sp³-hybridized carbons (Fsp3) is 0.467. The van der Waals surface area contributed by atoms with Crippen LogP contribution >= 0.6 is 11.6 Å². The monoisotopic (exact) mass is 345 g/mol. The molecular formula is C15H20ClNO6. The van der Waals surface area contributed by atoms with Crippen molar-refractivity contribution in [3.8, 4) is 11.5 Å². The lowest BCUT2D eigenvalue weighted by Gasteiger charge is -2.22. The van der Waals surface area contributed by atoms with Gasteiger partial charge in [0, 0.05) is 6.42 Å². The lowest BCUT2D eigenvalue weighted by Crippen LogP contribution is -2.44. The third-order valence-corrected chi connectivity index (χ3v) is 3.21. The van der Waals surface area contributed by atoms with Crippen LogP contribution in [0.4, 0.5) is 4.79 Å². The Morgan fingerprint density at radius 2 is 1.96 bits per heavy atom. The van der Waals surface area contributed by atoms with E-state index in [1.165, 1.54) is 19.2 Å². The zero-order valence-corrected chi connectivity index (χ0v) is 14.1. The van der Waals surface area contributed by atoms with E-state index in [0.717, 1.165) is 0 Å². The van der Waals surface area contributed by atoms with Gasteiger partial charge in [0.1, 0.15) is 11.6 Å². The third kappa shape index (κ3) is 5.52. The number of aliphatic carboxylic acids is 1. The van der Waals surface area contributed by atoms with Crippen LogP contribution in [0.2, 0.25) is 5.02 Å². The van der Waals surface area contributed by atoms with Crippen LogP contribution in [0.1, 0.15) is 26.3 Å². The Kier molecular flexibility index (Phi) is 6.09. The molecular weight excluding hydrogens is 326 g/mol. The van der Waals surface area contributed by atoms with Gasteiger partial charge in [-0.3, -0.25) is 0 Å². The Balaban J connectivity index is 2.91. The first-order valence-corrected chi connectivity index (χ1v) is 7.19. The highest BCUT2D eigenvalue weighted by atomic mass is 35.5. The van der Waals surface area contributed by atoms with Gasteiger partial charge >= 0.3 is 12.1 Å². The number of aromatic hydroxyl groups is 1. The van der Waals surface area contributed by atoms with Crippen LogP contribution in [-0.2, 0) is 16.0 Å². The molecule has 1 atom stereocenters. The number of phenols is 1. The highest BCUT2D eigenvalue weighted by Crippen LogP contribution is 2.36. The molecule has 1 unspecified atom stereocenters. The third-order valence-electron chi connectivity index (χ3n) is 2.79. The minimum Gasteiger partial charge on any atom is -0.503 e. The zero-order valence-electron chi connectivity index (χ0n) is 13.3. The lowest BCUT2D eigenvalue weighted by molar-refractivity contribution is -0.139. The quantitative estimate of drug-likeness (QED) is 0.757. The van der Waals surface area contributed by atoms with Gasteiger partial charge in [0.2, 0.25) is 0 Å². The highest BCUT2D eigenvalue weighted by Gasteiger charge is 2.25. The molecule has 3 N–H and O–H groups in total. The maximum atomic E-state index is 11.7. The van der Waals surface area contributed by atoms with Crippen molar-refractivity contribution in [2.75, 3.05) is 7.11 Å². The molecule has 128 valence electrons. The van der Waals surface area contributed by atoms with Crippen molar-refractivity contribution in [1.82, 2.24) is 5.32 Å². The van der Waals surface area contributed by atoms with Gasteiger partial charge in [-0.25, -0.2) is 9.59 Å². The minimum absolute atomic E-state index is 0.0263. The van der Waals surface area contributed by atoms with E-state index in [0.29, 0.717) is 5.56 Å². The van der Waals surface area contributed by atoms with Crippen molar-refractivity contribution in [3.63, 3.8) is 0 Å². The molecule has 7 nitrogen and oxygen atoms in total. The number of carboxylic acids is 1. The van der Waals surface area contributed by atoms with Gasteiger partial charge in [0.05, 0.1) is 12.1 Å². The standard InChI is InChI=1S/C15H20ClNO6/c1-15(2,3)23-14(21)17-9(13(19)20)7-8-5-6-10(22-4)12(18)11(8)16/h5-6,9,18H,7H2,1-4H3,(H,17,21)(H,19,20). The number of nitrogens with one attached hydrogen (secondary N) is 1. The highest BCUT2D eigenvalue weighted by molar-refractivity contribution is 6.33. The summed E-state index contributed by atoms with van der Waals surface area (Å²) in [6.45, 7) is 5.00. The van der Waals surface area contributed by atoms with E-state index < -0.39 is 23.7 Å². The molecule has 23 heavy (non-hydrogen) atoms. The fourth-order valence-electron chi connectivity index (χ4n) is 1.78. The summed E-state index contributed by atoms with van der Waals surface area (Å²) in [5.74, 6) is -1.36. The summed E-state index contributed by atoms with van der Waals surface area (Å²) in [7, 11) is 1.37. The minimum atomic E-state index is -1.25. The summed E-state index contributed by atoms with van der Waals surface area (Å²) >= 11 is 6.00. The molecule has 0 bridgehead atoms. The van der Waals surface area contributed by atoms with Gasteiger partial charge in [-0.15, -0.1) is 0 Å². The number of carboxylic acid groups (broad SMARTS) is 1. The molecule has 0 fully saturated rings. The molecule has 0 spiro atoms. The van der Waals surface area contributed by atoms with Crippen molar-refractivity contribution in [2.45, 2.75) is 38.8 Å². The van der Waals surface area contributed by atoms with Crippen LogP contribution in [-0.4, -0.2) is 41.0 Å². The van der Waals surface area contributed by atoms with Crippen LogP contribution in [0.5, 0.6) is 11.5 Å². The van der Waals surface area contributed by atoms with Crippen LogP contribution in [0.15, 0.2) is 12.1 Å². The molecule has 0 saturated carbocycles. The largest absolute Gasteiger partial charge is 0.503 e. The topological polar surface area (TPSA) is 105 Å². The van der Waals surface area contributed by atoms with E-state index in [9.17, 15) is 19.8 Å². The summed E-state index contributed by atoms with van der Waals surface area (Å²) < 4.78 is 9.94. The van der Waals surface area contributed by atoms with Crippen molar-refractivity contribution in [3.05, 3.63) is 22.7 Å². The number of halogens is 1. The predicted molar refractivity (Wildman–Crippen MR) is 84.2 cm³/mol. The molecule has 0 aliphatic heterocycles. The van der Waals surface area contributed by atoms with Crippen LogP contribution in [0, 0.1) is 0 Å². The van der Waals surface area contributed by atoms with E-state index in [-0.39, 0.29) is 22.9 Å². The van der Waals surface area contributed by atoms with E-state index in [1.54, 1.807) is 20.8 Å². The normalized spacial score (nSPS) is 12.4. The maximum absolute atomic E-state index is 11.7. The number of methoxy groups -OCH3 is 1. The Labute approximate surface area is 139 Å². The number of phenolic OH excluding ortho intramolecular Hbond substituents is 1. The van der Waals surface area contributed by atoms with Gasteiger partial charge in [-0.2, -0.15) is 0 Å². The van der Waals surface area contributed by atoms with Gasteiger partial charge < -0.3 is 25.0 Å². The second-order valence-electron chi connectivity index (χ2n) is 5.83. The number of benzene rings is 1. The zero-order chi connectivity index (χ0) is 17.8. The van der Waals surface area contributed by atoms with Crippen molar-refractivity contribution < 1.29 is 29.3 Å². The maximum Gasteiger partial charge on any atom is 0.408 e. The summed E-state index contributed by atoms with van der Waals surface area (Å²) in [5.41, 5.74) is -0.392. The predicted octanol–water partition coefficient (Wildman–Crippen LogP) is 2.57. The second-order valence-corrected chi connectivity index (χ2v) is 6.21.